The fourth-order valence-electron chi connectivity index (χ4n) is 3.07. The zero-order valence-corrected chi connectivity index (χ0v) is 17.2. The molecule has 6 heteroatoms. The van der Waals surface area contributed by atoms with E-state index in [1.807, 2.05) is 18.2 Å². The molecular weight excluding hydrogens is 387 g/mol. The molecule has 1 aliphatic heterocycles. The van der Waals surface area contributed by atoms with E-state index >= 15 is 0 Å². The van der Waals surface area contributed by atoms with Crippen molar-refractivity contribution in [2.24, 2.45) is 0 Å². The summed E-state index contributed by atoms with van der Waals surface area (Å²) in [5.41, 5.74) is 2.54. The molecule has 144 valence electrons. The van der Waals surface area contributed by atoms with E-state index in [1.54, 1.807) is 0 Å². The topological polar surface area (TPSA) is 15.7 Å². The highest BCUT2D eigenvalue weighted by molar-refractivity contribution is 7.81. The van der Waals surface area contributed by atoms with Crippen LogP contribution in [-0.4, -0.2) is 49.5 Å². The van der Waals surface area contributed by atoms with Crippen molar-refractivity contribution < 1.29 is 29.6 Å². The molecule has 0 radical (unpaired) electrons. The summed E-state index contributed by atoms with van der Waals surface area (Å²) in [4.78, 5) is 4.94. The van der Waals surface area contributed by atoms with Gasteiger partial charge in [0.2, 0.25) is 0 Å². The summed E-state index contributed by atoms with van der Waals surface area (Å²) in [6, 6.07) is 21.0. The molecule has 2 aromatic rings. The lowest BCUT2D eigenvalue weighted by Crippen LogP contribution is -3.00. The van der Waals surface area contributed by atoms with E-state index in [-0.39, 0.29) is 30.1 Å². The third-order valence-corrected chi connectivity index (χ3v) is 4.70. The summed E-state index contributed by atoms with van der Waals surface area (Å²) in [6.07, 6.45) is 0. The second-order valence-electron chi connectivity index (χ2n) is 6.28. The average Bonchev–Trinajstić information content (AvgIpc) is 2.64. The predicted octanol–water partition coefficient (Wildman–Crippen LogP) is -2.67. The lowest BCUT2D eigenvalue weighted by Gasteiger charge is -2.37. The van der Waals surface area contributed by atoms with Crippen LogP contribution >= 0.6 is 12.6 Å². The fraction of sp³-hybridized carbons (Fsp3) is 0.400. The van der Waals surface area contributed by atoms with Gasteiger partial charge in [-0.3, -0.25) is 4.90 Å². The van der Waals surface area contributed by atoms with E-state index in [0.29, 0.717) is 13.2 Å². The Morgan fingerprint density at radius 2 is 1.42 bits per heavy atom. The molecule has 1 saturated heterocycles. The third-order valence-electron chi connectivity index (χ3n) is 4.38. The van der Waals surface area contributed by atoms with Gasteiger partial charge in [-0.05, 0) is 17.7 Å². The Labute approximate surface area is 174 Å². The van der Waals surface area contributed by atoms with Crippen LogP contribution in [0, 0.1) is 0 Å². The van der Waals surface area contributed by atoms with Gasteiger partial charge in [0.25, 0.3) is 0 Å². The maximum absolute atomic E-state index is 5.80. The van der Waals surface area contributed by atoms with Crippen LogP contribution in [0.4, 0.5) is 5.69 Å². The highest BCUT2D eigenvalue weighted by Crippen LogP contribution is 2.16. The smallest absolute Gasteiger partial charge is 0.0717 e. The van der Waals surface area contributed by atoms with Gasteiger partial charge < -0.3 is 34.5 Å². The van der Waals surface area contributed by atoms with Crippen LogP contribution in [0.3, 0.4) is 0 Å². The Morgan fingerprint density at radius 1 is 0.846 bits per heavy atom. The molecule has 0 aliphatic carbocycles. The van der Waals surface area contributed by atoms with Crippen molar-refractivity contribution in [3.8, 4) is 0 Å². The first-order chi connectivity index (χ1) is 11.8. The SMILES string of the molecule is SC(COCc1ccccc1)CN1CCN(c2ccccc2)CC1.[Cl-].[Cl-]. The van der Waals surface area contributed by atoms with Crippen LogP contribution in [0.2, 0.25) is 0 Å². The van der Waals surface area contributed by atoms with Crippen molar-refractivity contribution >= 4 is 18.3 Å². The molecule has 1 unspecified atom stereocenters. The van der Waals surface area contributed by atoms with E-state index in [9.17, 15) is 0 Å². The van der Waals surface area contributed by atoms with Crippen molar-refractivity contribution in [2.75, 3.05) is 44.2 Å². The van der Waals surface area contributed by atoms with Crippen molar-refractivity contribution in [3.63, 3.8) is 0 Å². The molecule has 26 heavy (non-hydrogen) atoms. The van der Waals surface area contributed by atoms with Crippen LogP contribution in [0.15, 0.2) is 60.7 Å². The molecule has 0 saturated carbocycles. The molecule has 0 bridgehead atoms. The highest BCUT2D eigenvalue weighted by Gasteiger charge is 2.19. The van der Waals surface area contributed by atoms with Crippen molar-refractivity contribution in [1.29, 1.82) is 0 Å². The maximum Gasteiger partial charge on any atom is 0.0717 e. The normalized spacial score (nSPS) is 15.7. The second-order valence-corrected chi connectivity index (χ2v) is 7.01. The number of hydrogen-bond donors (Lipinski definition) is 1. The first kappa shape index (κ1) is 23.1. The Hall–Kier alpha value is -0.910. The van der Waals surface area contributed by atoms with Crippen LogP contribution in [-0.2, 0) is 11.3 Å². The Bertz CT molecular complexity index is 595. The summed E-state index contributed by atoms with van der Waals surface area (Å²) in [6.45, 7) is 6.68. The minimum Gasteiger partial charge on any atom is -1.00 e. The zero-order valence-electron chi connectivity index (χ0n) is 14.8. The first-order valence-electron chi connectivity index (χ1n) is 8.63. The molecule has 1 fully saturated rings. The molecule has 1 heterocycles. The standard InChI is InChI=1S/C20H26N2OS.2ClH/c24-20(17-23-16-18-7-3-1-4-8-18)15-21-11-13-22(14-12-21)19-9-5-2-6-10-19;;/h1-10,20,24H,11-17H2;2*1H/p-2. The number of halogens is 2. The number of anilines is 1. The van der Waals surface area contributed by atoms with E-state index in [0.717, 1.165) is 32.7 Å². The Morgan fingerprint density at radius 3 is 2.04 bits per heavy atom. The van der Waals surface area contributed by atoms with Gasteiger partial charge in [0, 0.05) is 43.7 Å². The second kappa shape index (κ2) is 12.5. The molecule has 0 aromatic heterocycles. The molecule has 0 spiro atoms. The molecule has 3 nitrogen and oxygen atoms in total. The number of benzene rings is 2. The quantitative estimate of drug-likeness (QED) is 0.499. The van der Waals surface area contributed by atoms with E-state index in [4.69, 9.17) is 17.4 Å². The monoisotopic (exact) mass is 412 g/mol. The molecule has 1 atom stereocenters. The molecular formula is C20H26Cl2N2OS-2. The molecule has 0 amide bonds. The van der Waals surface area contributed by atoms with Crippen LogP contribution in [0.1, 0.15) is 5.56 Å². The van der Waals surface area contributed by atoms with E-state index in [2.05, 4.69) is 52.3 Å². The largest absolute Gasteiger partial charge is 1.00 e. The number of thiol groups is 1. The molecule has 3 rings (SSSR count). The van der Waals surface area contributed by atoms with Gasteiger partial charge in [-0.2, -0.15) is 12.6 Å². The van der Waals surface area contributed by atoms with Gasteiger partial charge in [0.1, 0.15) is 0 Å². The van der Waals surface area contributed by atoms with Gasteiger partial charge >= 0.3 is 0 Å². The van der Waals surface area contributed by atoms with Crippen molar-refractivity contribution in [3.05, 3.63) is 66.2 Å². The number of hydrogen-bond acceptors (Lipinski definition) is 4. The first-order valence-corrected chi connectivity index (χ1v) is 9.15. The summed E-state index contributed by atoms with van der Waals surface area (Å²) in [7, 11) is 0. The number of rotatable bonds is 7. The average molecular weight is 413 g/mol. The maximum atomic E-state index is 5.80. The minimum atomic E-state index is 0. The van der Waals surface area contributed by atoms with Gasteiger partial charge in [0.15, 0.2) is 0 Å². The Balaban J connectivity index is 0.00000169. The van der Waals surface area contributed by atoms with Gasteiger partial charge in [-0.25, -0.2) is 0 Å². The van der Waals surface area contributed by atoms with Gasteiger partial charge in [0.05, 0.1) is 13.2 Å². The van der Waals surface area contributed by atoms with Crippen molar-refractivity contribution in [2.45, 2.75) is 11.9 Å². The lowest BCUT2D eigenvalue weighted by atomic mass is 10.2. The number of nitrogens with zero attached hydrogens (tertiary/aromatic N) is 2. The van der Waals surface area contributed by atoms with E-state index in [1.165, 1.54) is 11.3 Å². The number of ether oxygens (including phenoxy) is 1. The summed E-state index contributed by atoms with van der Waals surface area (Å²) >= 11 is 4.70. The molecule has 0 N–H and O–H groups in total. The summed E-state index contributed by atoms with van der Waals surface area (Å²) < 4.78 is 5.80. The number of piperazine rings is 1. The molecule has 1 aliphatic rings. The summed E-state index contributed by atoms with van der Waals surface area (Å²) in [5.74, 6) is 0. The molecule has 2 aromatic carbocycles. The lowest BCUT2D eigenvalue weighted by molar-refractivity contribution is -0.00100. The minimum absolute atomic E-state index is 0. The van der Waals surface area contributed by atoms with Gasteiger partial charge in [-0.15, -0.1) is 0 Å². The fourth-order valence-corrected chi connectivity index (χ4v) is 3.40. The van der Waals surface area contributed by atoms with Crippen LogP contribution in [0.5, 0.6) is 0 Å². The van der Waals surface area contributed by atoms with Crippen molar-refractivity contribution in [1.82, 2.24) is 4.90 Å². The third kappa shape index (κ3) is 7.37. The van der Waals surface area contributed by atoms with Gasteiger partial charge in [-0.1, -0.05) is 48.5 Å². The Kier molecular flexibility index (Phi) is 11.1. The predicted molar refractivity (Wildman–Crippen MR) is 104 cm³/mol. The van der Waals surface area contributed by atoms with Crippen LogP contribution in [0.25, 0.3) is 0 Å². The zero-order chi connectivity index (χ0) is 16.6. The summed E-state index contributed by atoms with van der Waals surface area (Å²) in [5, 5.41) is 0.261. The highest BCUT2D eigenvalue weighted by atomic mass is 35.5. The van der Waals surface area contributed by atoms with E-state index < -0.39 is 0 Å². The number of para-hydroxylation sites is 1. The van der Waals surface area contributed by atoms with Crippen LogP contribution < -0.4 is 29.7 Å².